The summed E-state index contributed by atoms with van der Waals surface area (Å²) in [6.07, 6.45) is -5.13. The van der Waals surface area contributed by atoms with Crippen molar-refractivity contribution in [3.63, 3.8) is 0 Å². The van der Waals surface area contributed by atoms with Crippen LogP contribution in [0.1, 0.15) is 0 Å². The molecule has 0 fully saturated rings. The normalized spacial score (nSPS) is 12.3. The molecule has 11 heteroatoms. The zero-order valence-electron chi connectivity index (χ0n) is 8.52. The minimum Gasteiger partial charge on any atom is -0.501 e. The number of aromatic nitrogens is 1. The monoisotopic (exact) mass is 307 g/mol. The van der Waals surface area contributed by atoms with Crippen molar-refractivity contribution < 1.29 is 36.2 Å². The molecule has 0 bridgehead atoms. The third-order valence-electron chi connectivity index (χ3n) is 1.57. The van der Waals surface area contributed by atoms with Gasteiger partial charge in [-0.05, 0) is 0 Å². The van der Waals surface area contributed by atoms with E-state index in [1.54, 1.807) is 0 Å². The molecule has 6 nitrogen and oxygen atoms in total. The molecular formula is C7H5ClF3NO5S. The summed E-state index contributed by atoms with van der Waals surface area (Å²) >= 11 is 0. The summed E-state index contributed by atoms with van der Waals surface area (Å²) in [6, 6.07) is 0.327. The van der Waals surface area contributed by atoms with Crippen molar-refractivity contribution in [2.45, 2.75) is 11.4 Å². The van der Waals surface area contributed by atoms with Crippen LogP contribution in [0.25, 0.3) is 0 Å². The standard InChI is InChI=1S/C7H5ClF3NO5S/c1-16-6-5(13)3(17-7(9,10)11)2-4(12-6)18(8,14)15/h2,13H,1H3. The van der Waals surface area contributed by atoms with Crippen molar-refractivity contribution in [3.8, 4) is 17.4 Å². The van der Waals surface area contributed by atoms with E-state index in [0.29, 0.717) is 6.07 Å². The van der Waals surface area contributed by atoms with Crippen LogP contribution in [-0.4, -0.2) is 32.0 Å². The summed E-state index contributed by atoms with van der Waals surface area (Å²) < 4.78 is 65.8. The van der Waals surface area contributed by atoms with Gasteiger partial charge in [-0.15, -0.1) is 13.2 Å². The predicted octanol–water partition coefficient (Wildman–Crippen LogP) is 1.62. The number of rotatable bonds is 3. The lowest BCUT2D eigenvalue weighted by atomic mass is 10.4. The van der Waals surface area contributed by atoms with E-state index in [4.69, 9.17) is 10.7 Å². The largest absolute Gasteiger partial charge is 0.573 e. The molecule has 0 aromatic carbocycles. The Kier molecular flexibility index (Phi) is 3.81. The van der Waals surface area contributed by atoms with Crippen LogP contribution in [0.3, 0.4) is 0 Å². The van der Waals surface area contributed by atoms with E-state index in [2.05, 4.69) is 14.5 Å². The summed E-state index contributed by atoms with van der Waals surface area (Å²) in [7, 11) is 1.47. The van der Waals surface area contributed by atoms with Crippen LogP contribution in [0.15, 0.2) is 11.1 Å². The number of halogens is 4. The zero-order valence-corrected chi connectivity index (χ0v) is 10.1. The molecule has 0 aliphatic rings. The fraction of sp³-hybridized carbons (Fsp3) is 0.286. The van der Waals surface area contributed by atoms with Gasteiger partial charge in [-0.25, -0.2) is 8.42 Å². The summed E-state index contributed by atoms with van der Waals surface area (Å²) in [6.45, 7) is 0. The molecule has 1 N–H and O–H groups in total. The second-order valence-electron chi connectivity index (χ2n) is 2.80. The fourth-order valence-corrected chi connectivity index (χ4v) is 1.62. The van der Waals surface area contributed by atoms with Crippen molar-refractivity contribution in [2.24, 2.45) is 0 Å². The van der Waals surface area contributed by atoms with Crippen LogP contribution in [0.5, 0.6) is 17.4 Å². The van der Waals surface area contributed by atoms with Crippen molar-refractivity contribution in [3.05, 3.63) is 6.07 Å². The first-order valence-corrected chi connectivity index (χ1v) is 6.34. The second kappa shape index (κ2) is 4.69. The zero-order chi connectivity index (χ0) is 14.1. The topological polar surface area (TPSA) is 85.7 Å². The maximum Gasteiger partial charge on any atom is 0.573 e. The molecule has 1 heterocycles. The van der Waals surface area contributed by atoms with Gasteiger partial charge in [0.1, 0.15) is 0 Å². The first-order valence-electron chi connectivity index (χ1n) is 4.03. The van der Waals surface area contributed by atoms with Gasteiger partial charge in [-0.2, -0.15) is 4.98 Å². The molecule has 1 rings (SSSR count). The molecule has 0 atom stereocenters. The van der Waals surface area contributed by atoms with Crippen molar-refractivity contribution in [1.82, 2.24) is 4.98 Å². The van der Waals surface area contributed by atoms with Crippen molar-refractivity contribution in [1.29, 1.82) is 0 Å². The third kappa shape index (κ3) is 3.53. The fourth-order valence-electron chi connectivity index (χ4n) is 0.941. The summed E-state index contributed by atoms with van der Waals surface area (Å²) in [5.74, 6) is -3.05. The Balaban J connectivity index is 3.42. The van der Waals surface area contributed by atoms with E-state index in [-0.39, 0.29) is 0 Å². The first-order chi connectivity index (χ1) is 8.04. The quantitative estimate of drug-likeness (QED) is 0.854. The van der Waals surface area contributed by atoms with Crippen molar-refractivity contribution >= 4 is 19.7 Å². The van der Waals surface area contributed by atoms with E-state index < -0.39 is 37.8 Å². The second-order valence-corrected chi connectivity index (χ2v) is 5.31. The molecular weight excluding hydrogens is 303 g/mol. The molecule has 1 aromatic heterocycles. The number of aromatic hydroxyl groups is 1. The molecule has 0 aliphatic carbocycles. The van der Waals surface area contributed by atoms with Gasteiger partial charge in [-0.3, -0.25) is 0 Å². The number of hydrogen-bond acceptors (Lipinski definition) is 6. The Morgan fingerprint density at radius 3 is 2.39 bits per heavy atom. The van der Waals surface area contributed by atoms with Gasteiger partial charge in [0, 0.05) is 16.7 Å². The van der Waals surface area contributed by atoms with E-state index in [0.717, 1.165) is 7.11 Å². The van der Waals surface area contributed by atoms with Gasteiger partial charge in [0.15, 0.2) is 10.8 Å². The van der Waals surface area contributed by atoms with Crippen LogP contribution in [0, 0.1) is 0 Å². The van der Waals surface area contributed by atoms with Crippen LogP contribution in [-0.2, 0) is 9.05 Å². The molecule has 102 valence electrons. The number of ether oxygens (including phenoxy) is 2. The average Bonchev–Trinajstić information content (AvgIpc) is 2.17. The number of hydrogen-bond donors (Lipinski definition) is 1. The Hall–Kier alpha value is -1.42. The Morgan fingerprint density at radius 2 is 2.00 bits per heavy atom. The third-order valence-corrected chi connectivity index (χ3v) is 2.75. The molecule has 0 aliphatic heterocycles. The van der Waals surface area contributed by atoms with Gasteiger partial charge in [0.05, 0.1) is 7.11 Å². The number of alkyl halides is 3. The summed E-state index contributed by atoms with van der Waals surface area (Å²) in [4.78, 5) is 3.21. The molecule has 18 heavy (non-hydrogen) atoms. The molecule has 1 aromatic rings. The van der Waals surface area contributed by atoms with Crippen LogP contribution >= 0.6 is 10.7 Å². The number of pyridine rings is 1. The van der Waals surface area contributed by atoms with Crippen LogP contribution in [0.4, 0.5) is 13.2 Å². The summed E-state index contributed by atoms with van der Waals surface area (Å²) in [5, 5.41) is 8.35. The maximum atomic E-state index is 12.0. The van der Waals surface area contributed by atoms with Gasteiger partial charge in [-0.1, -0.05) is 0 Å². The van der Waals surface area contributed by atoms with Crippen LogP contribution in [0.2, 0.25) is 0 Å². The Morgan fingerprint density at radius 1 is 1.44 bits per heavy atom. The van der Waals surface area contributed by atoms with Crippen molar-refractivity contribution in [2.75, 3.05) is 7.11 Å². The number of nitrogens with zero attached hydrogens (tertiary/aromatic N) is 1. The van der Waals surface area contributed by atoms with Crippen LogP contribution < -0.4 is 9.47 Å². The maximum absolute atomic E-state index is 12.0. The van der Waals surface area contributed by atoms with Gasteiger partial charge in [0.2, 0.25) is 5.75 Å². The van der Waals surface area contributed by atoms with E-state index in [1.165, 1.54) is 0 Å². The highest BCUT2D eigenvalue weighted by molar-refractivity contribution is 8.13. The number of methoxy groups -OCH3 is 1. The van der Waals surface area contributed by atoms with E-state index in [9.17, 15) is 26.7 Å². The average molecular weight is 308 g/mol. The van der Waals surface area contributed by atoms with Gasteiger partial charge < -0.3 is 14.6 Å². The molecule has 0 amide bonds. The van der Waals surface area contributed by atoms with Gasteiger partial charge >= 0.3 is 6.36 Å². The SMILES string of the molecule is COc1nc(S(=O)(=O)Cl)cc(OC(F)(F)F)c1O. The van der Waals surface area contributed by atoms with E-state index >= 15 is 0 Å². The van der Waals surface area contributed by atoms with E-state index in [1.807, 2.05) is 0 Å². The first kappa shape index (κ1) is 14.6. The highest BCUT2D eigenvalue weighted by atomic mass is 35.7. The van der Waals surface area contributed by atoms with Gasteiger partial charge in [0.25, 0.3) is 14.9 Å². The Labute approximate surface area is 103 Å². The molecule has 0 spiro atoms. The lowest BCUT2D eigenvalue weighted by molar-refractivity contribution is -0.275. The predicted molar refractivity (Wildman–Crippen MR) is 52.2 cm³/mol. The lowest BCUT2D eigenvalue weighted by Gasteiger charge is -2.12. The minimum absolute atomic E-state index is 0.327. The molecule has 0 unspecified atom stereocenters. The smallest absolute Gasteiger partial charge is 0.501 e. The molecule has 0 saturated heterocycles. The Bertz CT molecular complexity index is 559. The summed E-state index contributed by atoms with van der Waals surface area (Å²) in [5.41, 5.74) is 0. The molecule has 0 radical (unpaired) electrons. The highest BCUT2D eigenvalue weighted by Crippen LogP contribution is 2.39. The molecule has 0 saturated carbocycles. The lowest BCUT2D eigenvalue weighted by Crippen LogP contribution is -2.17. The highest BCUT2D eigenvalue weighted by Gasteiger charge is 2.34. The minimum atomic E-state index is -5.13.